The van der Waals surface area contributed by atoms with Gasteiger partial charge in [-0.25, -0.2) is 0 Å². The van der Waals surface area contributed by atoms with E-state index >= 15 is 0 Å². The third kappa shape index (κ3) is 2.77. The van der Waals surface area contributed by atoms with Gasteiger partial charge in [0.1, 0.15) is 0 Å². The maximum atomic E-state index is 4.00. The van der Waals surface area contributed by atoms with Gasteiger partial charge in [0.05, 0.1) is 11.5 Å². The molecule has 5 aromatic carbocycles. The van der Waals surface area contributed by atoms with E-state index in [-0.39, 0.29) is 11.5 Å². The quantitative estimate of drug-likeness (QED) is 0.291. The number of aromatic nitrogens is 1. The number of para-hydroxylation sites is 1. The average Bonchev–Trinajstić information content (AvgIpc) is 3.42. The molecule has 1 aliphatic heterocycles. The third-order valence-corrected chi connectivity index (χ3v) is 7.80. The second kappa shape index (κ2) is 7.61. The van der Waals surface area contributed by atoms with Crippen molar-refractivity contribution >= 4 is 27.5 Å². The molecule has 168 valence electrons. The molecule has 2 heterocycles. The summed E-state index contributed by atoms with van der Waals surface area (Å²) in [4.78, 5) is 0. The van der Waals surface area contributed by atoms with Crippen molar-refractivity contribution in [3.63, 3.8) is 0 Å². The largest absolute Gasteiger partial charge is 0.376 e. The van der Waals surface area contributed by atoms with Crippen LogP contribution in [-0.2, 0) is 12.5 Å². The number of hydrogen-bond acceptors (Lipinski definition) is 1. The van der Waals surface area contributed by atoms with Crippen molar-refractivity contribution in [2.75, 3.05) is 5.32 Å². The third-order valence-electron chi connectivity index (χ3n) is 7.80. The monoisotopic (exact) mass is 450 g/mol. The minimum Gasteiger partial charge on any atom is -0.376 e. The van der Waals surface area contributed by atoms with Crippen molar-refractivity contribution in [3.8, 4) is 0 Å². The first-order valence-corrected chi connectivity index (χ1v) is 12.2. The number of nitrogens with zero attached hydrogens (tertiary/aromatic N) is 1. The molecule has 1 aliphatic rings. The standard InChI is InChI=1S/C33H26N2/c1-35-30-20-12-11-19-26(30)27-21-29-28(22-31(27)35)33(24-15-7-3-8-16-24,25-17-9-4-10-18-25)32(34-29)23-13-5-2-6-14-23/h2-22,32,34H,1H3. The summed E-state index contributed by atoms with van der Waals surface area (Å²) in [5.41, 5.74) is 8.55. The normalized spacial score (nSPS) is 16.3. The van der Waals surface area contributed by atoms with E-state index in [1.165, 1.54) is 49.7 Å². The highest BCUT2D eigenvalue weighted by Crippen LogP contribution is 2.57. The lowest BCUT2D eigenvalue weighted by Crippen LogP contribution is -2.35. The van der Waals surface area contributed by atoms with E-state index in [9.17, 15) is 0 Å². The lowest BCUT2D eigenvalue weighted by atomic mass is 9.65. The van der Waals surface area contributed by atoms with Crippen molar-refractivity contribution in [1.29, 1.82) is 0 Å². The van der Waals surface area contributed by atoms with E-state index in [0.29, 0.717) is 0 Å². The van der Waals surface area contributed by atoms with Crippen molar-refractivity contribution in [3.05, 3.63) is 150 Å². The Morgan fingerprint density at radius 2 is 1.17 bits per heavy atom. The Labute approximate surface area is 205 Å². The molecule has 0 aliphatic carbocycles. The average molecular weight is 451 g/mol. The number of rotatable bonds is 3. The zero-order valence-corrected chi connectivity index (χ0v) is 19.6. The zero-order valence-electron chi connectivity index (χ0n) is 19.6. The lowest BCUT2D eigenvalue weighted by molar-refractivity contribution is 0.554. The van der Waals surface area contributed by atoms with Crippen LogP contribution in [0.1, 0.15) is 28.3 Å². The predicted molar refractivity (Wildman–Crippen MR) is 146 cm³/mol. The van der Waals surface area contributed by atoms with Gasteiger partial charge in [-0.05, 0) is 40.5 Å². The SMILES string of the molecule is Cn1c2ccccc2c2cc3c(cc21)C(c1ccccc1)(c1ccccc1)C(c1ccccc1)N3. The Balaban J connectivity index is 1.63. The van der Waals surface area contributed by atoms with Gasteiger partial charge < -0.3 is 9.88 Å². The van der Waals surface area contributed by atoms with Crippen LogP contribution in [0.4, 0.5) is 5.69 Å². The Bertz CT molecular complexity index is 1630. The predicted octanol–water partition coefficient (Wildman–Crippen LogP) is 7.83. The minimum absolute atomic E-state index is 0.0616. The van der Waals surface area contributed by atoms with Crippen molar-refractivity contribution in [2.24, 2.45) is 7.05 Å². The first-order chi connectivity index (χ1) is 17.3. The molecule has 0 saturated carbocycles. The molecule has 0 bridgehead atoms. The summed E-state index contributed by atoms with van der Waals surface area (Å²) in [6, 6.07) is 46.4. The second-order valence-electron chi connectivity index (χ2n) is 9.52. The van der Waals surface area contributed by atoms with Gasteiger partial charge in [0.15, 0.2) is 0 Å². The van der Waals surface area contributed by atoms with Crippen LogP contribution in [0.2, 0.25) is 0 Å². The lowest BCUT2D eigenvalue weighted by Gasteiger charge is -2.37. The van der Waals surface area contributed by atoms with E-state index < -0.39 is 0 Å². The molecule has 0 radical (unpaired) electrons. The minimum atomic E-state index is -0.371. The number of nitrogens with one attached hydrogen (secondary N) is 1. The van der Waals surface area contributed by atoms with Gasteiger partial charge in [-0.2, -0.15) is 0 Å². The molecule has 0 fully saturated rings. The molecular formula is C33H26N2. The summed E-state index contributed by atoms with van der Waals surface area (Å²) in [6.45, 7) is 0. The van der Waals surface area contributed by atoms with Crippen LogP contribution >= 0.6 is 0 Å². The summed E-state index contributed by atoms with van der Waals surface area (Å²) in [5, 5.41) is 6.58. The topological polar surface area (TPSA) is 17.0 Å². The van der Waals surface area contributed by atoms with Crippen molar-refractivity contribution < 1.29 is 0 Å². The summed E-state index contributed by atoms with van der Waals surface area (Å²) in [7, 11) is 2.18. The summed E-state index contributed by atoms with van der Waals surface area (Å²) in [5.74, 6) is 0. The van der Waals surface area contributed by atoms with E-state index in [1.807, 2.05) is 0 Å². The Morgan fingerprint density at radius 3 is 1.83 bits per heavy atom. The van der Waals surface area contributed by atoms with E-state index in [4.69, 9.17) is 0 Å². The molecular weight excluding hydrogens is 424 g/mol. The molecule has 1 atom stereocenters. The molecule has 0 saturated heterocycles. The van der Waals surface area contributed by atoms with Crippen LogP contribution in [-0.4, -0.2) is 4.57 Å². The fourth-order valence-corrected chi connectivity index (χ4v) is 6.26. The molecule has 1 unspecified atom stereocenters. The van der Waals surface area contributed by atoms with Gasteiger partial charge in [0.25, 0.3) is 0 Å². The van der Waals surface area contributed by atoms with Crippen LogP contribution in [0.25, 0.3) is 21.8 Å². The maximum Gasteiger partial charge on any atom is 0.0715 e. The smallest absolute Gasteiger partial charge is 0.0715 e. The number of fused-ring (bicyclic) bond motifs is 4. The first-order valence-electron chi connectivity index (χ1n) is 12.2. The van der Waals surface area contributed by atoms with Gasteiger partial charge in [0, 0.05) is 34.5 Å². The molecule has 2 nitrogen and oxygen atoms in total. The highest BCUT2D eigenvalue weighted by Gasteiger charge is 2.50. The van der Waals surface area contributed by atoms with E-state index in [1.54, 1.807) is 0 Å². The molecule has 35 heavy (non-hydrogen) atoms. The zero-order chi connectivity index (χ0) is 23.4. The van der Waals surface area contributed by atoms with E-state index in [2.05, 4.69) is 144 Å². The number of hydrogen-bond donors (Lipinski definition) is 1. The van der Waals surface area contributed by atoms with Crippen LogP contribution in [0.15, 0.2) is 127 Å². The van der Waals surface area contributed by atoms with Crippen LogP contribution in [0.5, 0.6) is 0 Å². The van der Waals surface area contributed by atoms with Gasteiger partial charge in [-0.3, -0.25) is 0 Å². The number of benzene rings is 5. The van der Waals surface area contributed by atoms with Crippen molar-refractivity contribution in [2.45, 2.75) is 11.5 Å². The molecule has 0 spiro atoms. The van der Waals surface area contributed by atoms with Crippen LogP contribution < -0.4 is 5.32 Å². The summed E-state index contributed by atoms with van der Waals surface area (Å²) in [6.07, 6.45) is 0. The van der Waals surface area contributed by atoms with Gasteiger partial charge in [-0.1, -0.05) is 109 Å². The fraction of sp³-hybridized carbons (Fsp3) is 0.0909. The molecule has 7 rings (SSSR count). The molecule has 6 aromatic rings. The second-order valence-corrected chi connectivity index (χ2v) is 9.52. The summed E-state index contributed by atoms with van der Waals surface area (Å²) >= 11 is 0. The van der Waals surface area contributed by atoms with Gasteiger partial charge in [0.2, 0.25) is 0 Å². The van der Waals surface area contributed by atoms with Crippen molar-refractivity contribution in [1.82, 2.24) is 4.57 Å². The maximum absolute atomic E-state index is 4.00. The fourth-order valence-electron chi connectivity index (χ4n) is 6.26. The Morgan fingerprint density at radius 1 is 0.600 bits per heavy atom. The first kappa shape index (κ1) is 20.1. The highest BCUT2D eigenvalue weighted by atomic mass is 15.0. The molecule has 2 heteroatoms. The number of aryl methyl sites for hydroxylation is 1. The molecule has 0 amide bonds. The number of anilines is 1. The highest BCUT2D eigenvalue weighted by molar-refractivity contribution is 6.10. The summed E-state index contributed by atoms with van der Waals surface area (Å²) < 4.78 is 2.33. The van der Waals surface area contributed by atoms with Gasteiger partial charge in [-0.15, -0.1) is 0 Å². The Hall–Kier alpha value is -4.30. The van der Waals surface area contributed by atoms with Gasteiger partial charge >= 0.3 is 0 Å². The molecule has 1 aromatic heterocycles. The molecule has 1 N–H and O–H groups in total. The van der Waals surface area contributed by atoms with E-state index in [0.717, 1.165) is 0 Å². The van der Waals surface area contributed by atoms with Crippen LogP contribution in [0.3, 0.4) is 0 Å². The van der Waals surface area contributed by atoms with Crippen LogP contribution in [0, 0.1) is 0 Å². The Kier molecular flexibility index (Phi) is 4.37.